The number of carbonyl (C=O) groups excluding carboxylic acids is 1. The lowest BCUT2D eigenvalue weighted by Gasteiger charge is -2.39. The summed E-state index contributed by atoms with van der Waals surface area (Å²) in [5.41, 5.74) is 2.11. The van der Waals surface area contributed by atoms with E-state index in [0.717, 1.165) is 51.9 Å². The first-order chi connectivity index (χ1) is 14.9. The molecule has 1 amide bonds. The molecule has 1 atom stereocenters. The predicted molar refractivity (Wildman–Crippen MR) is 120 cm³/mol. The highest BCUT2D eigenvalue weighted by molar-refractivity contribution is 5.82. The zero-order valence-electron chi connectivity index (χ0n) is 19.0. The molecule has 2 saturated heterocycles. The number of piperazine rings is 1. The number of hydrogen-bond acceptors (Lipinski definition) is 7. The third kappa shape index (κ3) is 5.89. The van der Waals surface area contributed by atoms with Crippen LogP contribution in [0, 0.1) is 0 Å². The van der Waals surface area contributed by atoms with E-state index in [1.165, 1.54) is 11.1 Å². The second kappa shape index (κ2) is 9.44. The van der Waals surface area contributed by atoms with Gasteiger partial charge in [-0.2, -0.15) is 0 Å². The van der Waals surface area contributed by atoms with Gasteiger partial charge in [0.05, 0.1) is 25.8 Å². The van der Waals surface area contributed by atoms with Crippen LogP contribution in [0.25, 0.3) is 0 Å². The lowest BCUT2D eigenvalue weighted by molar-refractivity contribution is 0.0137. The zero-order chi connectivity index (χ0) is 21.8. The van der Waals surface area contributed by atoms with Gasteiger partial charge in [0.1, 0.15) is 5.60 Å². The highest BCUT2D eigenvalue weighted by Crippen LogP contribution is 2.19. The van der Waals surface area contributed by atoms with Gasteiger partial charge in [-0.3, -0.25) is 9.89 Å². The van der Waals surface area contributed by atoms with Crippen LogP contribution in [0.15, 0.2) is 29.3 Å². The van der Waals surface area contributed by atoms with Gasteiger partial charge in [-0.05, 0) is 31.9 Å². The normalized spacial score (nSPS) is 22.2. The summed E-state index contributed by atoms with van der Waals surface area (Å²) >= 11 is 0. The molecule has 170 valence electrons. The molecule has 2 fully saturated rings. The van der Waals surface area contributed by atoms with E-state index in [9.17, 15) is 4.79 Å². The van der Waals surface area contributed by atoms with E-state index < -0.39 is 5.60 Å². The second-order valence-electron chi connectivity index (χ2n) is 9.50. The number of hydrogen-bond donors (Lipinski definition) is 1. The third-order valence-corrected chi connectivity index (χ3v) is 5.84. The molecule has 1 N–H and O–H groups in total. The molecule has 0 saturated carbocycles. The molecular formula is C23H35N5O3. The Kier molecular flexibility index (Phi) is 6.67. The number of aliphatic imine (C=N–C) groups is 1. The summed E-state index contributed by atoms with van der Waals surface area (Å²) in [6.45, 7) is 13.9. The molecule has 1 aromatic rings. The standard InChI is InChI=1S/C23H35N5O3/c1-23(2,3)31-22(29)27-8-9-28-20(17-27)15-25-21(28)24-14-18-4-6-19(7-5-18)16-26-10-12-30-13-11-26/h4-7,20H,8-17H2,1-3H3,(H,24,25). The fraction of sp³-hybridized carbons (Fsp3) is 0.652. The number of guanidine groups is 1. The first-order valence-electron chi connectivity index (χ1n) is 11.3. The van der Waals surface area contributed by atoms with Crippen LogP contribution in [-0.2, 0) is 22.6 Å². The van der Waals surface area contributed by atoms with E-state index in [0.29, 0.717) is 19.6 Å². The monoisotopic (exact) mass is 429 g/mol. The Bertz CT molecular complexity index is 783. The van der Waals surface area contributed by atoms with Crippen LogP contribution in [0.3, 0.4) is 0 Å². The molecule has 1 unspecified atom stereocenters. The van der Waals surface area contributed by atoms with Crippen molar-refractivity contribution in [2.75, 3.05) is 52.5 Å². The maximum atomic E-state index is 12.4. The average molecular weight is 430 g/mol. The van der Waals surface area contributed by atoms with E-state index in [1.54, 1.807) is 4.90 Å². The van der Waals surface area contributed by atoms with Gasteiger partial charge >= 0.3 is 6.09 Å². The van der Waals surface area contributed by atoms with Crippen LogP contribution in [0.4, 0.5) is 4.79 Å². The molecular weight excluding hydrogens is 394 g/mol. The average Bonchev–Trinajstić information content (AvgIpc) is 3.15. The van der Waals surface area contributed by atoms with Crippen LogP contribution < -0.4 is 5.32 Å². The van der Waals surface area contributed by atoms with Crippen molar-refractivity contribution in [2.24, 2.45) is 4.99 Å². The number of nitrogens with one attached hydrogen (secondary N) is 1. The van der Waals surface area contributed by atoms with E-state index in [2.05, 4.69) is 39.4 Å². The van der Waals surface area contributed by atoms with Crippen molar-refractivity contribution in [3.63, 3.8) is 0 Å². The Morgan fingerprint density at radius 1 is 1.13 bits per heavy atom. The Morgan fingerprint density at radius 3 is 2.55 bits per heavy atom. The smallest absolute Gasteiger partial charge is 0.410 e. The molecule has 1 aromatic carbocycles. The van der Waals surface area contributed by atoms with Gasteiger partial charge < -0.3 is 24.6 Å². The molecule has 0 aliphatic carbocycles. The van der Waals surface area contributed by atoms with Crippen molar-refractivity contribution >= 4 is 12.1 Å². The highest BCUT2D eigenvalue weighted by atomic mass is 16.6. The quantitative estimate of drug-likeness (QED) is 0.789. The lowest BCUT2D eigenvalue weighted by atomic mass is 10.1. The fourth-order valence-corrected chi connectivity index (χ4v) is 4.18. The van der Waals surface area contributed by atoms with Crippen molar-refractivity contribution in [3.05, 3.63) is 35.4 Å². The first-order valence-corrected chi connectivity index (χ1v) is 11.3. The molecule has 4 rings (SSSR count). The summed E-state index contributed by atoms with van der Waals surface area (Å²) in [6, 6.07) is 9.03. The number of morpholine rings is 1. The first kappa shape index (κ1) is 21.9. The minimum atomic E-state index is -0.467. The van der Waals surface area contributed by atoms with Crippen LogP contribution >= 0.6 is 0 Å². The van der Waals surface area contributed by atoms with Crippen molar-refractivity contribution in [1.82, 2.24) is 20.0 Å². The minimum Gasteiger partial charge on any atom is -0.444 e. The second-order valence-corrected chi connectivity index (χ2v) is 9.50. The summed E-state index contributed by atoms with van der Waals surface area (Å²) in [5.74, 6) is 0.936. The molecule has 0 bridgehead atoms. The van der Waals surface area contributed by atoms with Crippen LogP contribution in [0.2, 0.25) is 0 Å². The lowest BCUT2D eigenvalue weighted by Crippen LogP contribution is -2.57. The van der Waals surface area contributed by atoms with Gasteiger partial charge in [0.15, 0.2) is 5.96 Å². The van der Waals surface area contributed by atoms with E-state index in [-0.39, 0.29) is 12.1 Å². The molecule has 3 aliphatic rings. The van der Waals surface area contributed by atoms with Gasteiger partial charge in [-0.25, -0.2) is 4.79 Å². The number of nitrogens with zero attached hydrogens (tertiary/aromatic N) is 4. The van der Waals surface area contributed by atoms with Crippen LogP contribution in [0.5, 0.6) is 0 Å². The summed E-state index contributed by atoms with van der Waals surface area (Å²) in [5, 5.41) is 3.49. The van der Waals surface area contributed by atoms with E-state index in [1.807, 2.05) is 20.8 Å². The summed E-state index contributed by atoms with van der Waals surface area (Å²) in [6.07, 6.45) is -0.231. The molecule has 0 spiro atoms. The molecule has 0 aromatic heterocycles. The summed E-state index contributed by atoms with van der Waals surface area (Å²) in [7, 11) is 0. The Morgan fingerprint density at radius 2 is 1.84 bits per heavy atom. The van der Waals surface area contributed by atoms with Crippen LogP contribution in [0.1, 0.15) is 31.9 Å². The third-order valence-electron chi connectivity index (χ3n) is 5.84. The zero-order valence-corrected chi connectivity index (χ0v) is 19.0. The number of carbonyl (C=O) groups is 1. The molecule has 8 nitrogen and oxygen atoms in total. The van der Waals surface area contributed by atoms with Crippen molar-refractivity contribution < 1.29 is 14.3 Å². The number of ether oxygens (including phenoxy) is 2. The Balaban J connectivity index is 1.23. The Hall–Kier alpha value is -2.32. The van der Waals surface area contributed by atoms with E-state index >= 15 is 0 Å². The van der Waals surface area contributed by atoms with Crippen molar-refractivity contribution in [2.45, 2.75) is 45.5 Å². The van der Waals surface area contributed by atoms with Gasteiger partial charge in [0, 0.05) is 45.8 Å². The van der Waals surface area contributed by atoms with Gasteiger partial charge in [0.25, 0.3) is 0 Å². The van der Waals surface area contributed by atoms with Crippen molar-refractivity contribution in [3.8, 4) is 0 Å². The summed E-state index contributed by atoms with van der Waals surface area (Å²) < 4.78 is 10.9. The number of rotatable bonds is 4. The van der Waals surface area contributed by atoms with Gasteiger partial charge in [0.2, 0.25) is 0 Å². The largest absolute Gasteiger partial charge is 0.444 e. The number of amides is 1. The topological polar surface area (TPSA) is 69.6 Å². The number of benzene rings is 1. The van der Waals surface area contributed by atoms with E-state index in [4.69, 9.17) is 14.5 Å². The Labute approximate surface area is 185 Å². The van der Waals surface area contributed by atoms with Crippen molar-refractivity contribution in [1.29, 1.82) is 0 Å². The number of fused-ring (bicyclic) bond motifs is 1. The maximum absolute atomic E-state index is 12.4. The fourth-order valence-electron chi connectivity index (χ4n) is 4.18. The van der Waals surface area contributed by atoms with Gasteiger partial charge in [-0.15, -0.1) is 0 Å². The van der Waals surface area contributed by atoms with Gasteiger partial charge in [-0.1, -0.05) is 24.3 Å². The molecule has 3 heterocycles. The summed E-state index contributed by atoms with van der Waals surface area (Å²) in [4.78, 5) is 23.6. The molecule has 3 aliphatic heterocycles. The molecule has 31 heavy (non-hydrogen) atoms. The molecule has 8 heteroatoms. The minimum absolute atomic E-state index is 0.222. The maximum Gasteiger partial charge on any atom is 0.410 e. The predicted octanol–water partition coefficient (Wildman–Crippen LogP) is 1.90. The van der Waals surface area contributed by atoms with Crippen LogP contribution in [-0.4, -0.2) is 90.9 Å². The molecule has 0 radical (unpaired) electrons. The highest BCUT2D eigenvalue weighted by Gasteiger charge is 2.36. The SMILES string of the molecule is CC(C)(C)OC(=O)N1CCN2C(NCc3ccc(CN4CCOCC4)cc3)=NCC2C1.